The molecule has 0 saturated carbocycles. The lowest BCUT2D eigenvalue weighted by molar-refractivity contribution is 0.0523. The molecule has 0 fully saturated rings. The number of esters is 1. The van der Waals surface area contributed by atoms with Crippen molar-refractivity contribution in [1.29, 1.82) is 0 Å². The topological polar surface area (TPSA) is 79.0 Å². The van der Waals surface area contributed by atoms with E-state index in [-0.39, 0.29) is 6.61 Å². The Bertz CT molecular complexity index is 926. The van der Waals surface area contributed by atoms with Gasteiger partial charge < -0.3 is 9.30 Å². The van der Waals surface area contributed by atoms with Crippen molar-refractivity contribution in [2.24, 2.45) is 0 Å². The number of ether oxygens (including phenoxy) is 1. The van der Waals surface area contributed by atoms with Gasteiger partial charge in [0, 0.05) is 17.1 Å². The molecule has 0 saturated heterocycles. The zero-order chi connectivity index (χ0) is 18.0. The highest BCUT2D eigenvalue weighted by atomic mass is 16.5. The zero-order valence-electron chi connectivity index (χ0n) is 14.3. The van der Waals surface area contributed by atoms with Crippen molar-refractivity contribution in [2.45, 2.75) is 20.8 Å². The molecule has 0 unspecified atom stereocenters. The number of hydrogen-bond acceptors (Lipinski definition) is 5. The first kappa shape index (κ1) is 16.6. The van der Waals surface area contributed by atoms with Gasteiger partial charge in [0.25, 0.3) is 0 Å². The molecule has 25 heavy (non-hydrogen) atoms. The molecular weight excluding hydrogens is 320 g/mol. The summed E-state index contributed by atoms with van der Waals surface area (Å²) in [6.07, 6.45) is 3.90. The quantitative estimate of drug-likeness (QED) is 0.528. The monoisotopic (exact) mass is 338 g/mol. The first-order chi connectivity index (χ1) is 12.1. The maximum atomic E-state index is 12.3. The van der Waals surface area contributed by atoms with Gasteiger partial charge in [-0.15, -0.1) is 0 Å². The Hall–Kier alpha value is -3.22. The van der Waals surface area contributed by atoms with Crippen LogP contribution in [0.4, 0.5) is 0 Å². The first-order valence-corrected chi connectivity index (χ1v) is 7.89. The second-order valence-electron chi connectivity index (χ2n) is 5.47. The Kier molecular flexibility index (Phi) is 4.47. The van der Waals surface area contributed by atoms with E-state index >= 15 is 0 Å². The second-order valence-corrected chi connectivity index (χ2v) is 5.47. The summed E-state index contributed by atoms with van der Waals surface area (Å²) < 4.78 is 6.97. The molecular formula is C18H18N4O3. The number of hydrogen-bond donors (Lipinski definition) is 0. The molecule has 0 N–H and O–H groups in total. The highest BCUT2D eigenvalue weighted by molar-refractivity contribution is 6.00. The van der Waals surface area contributed by atoms with Crippen molar-refractivity contribution < 1.29 is 14.3 Å². The Morgan fingerprint density at radius 3 is 2.48 bits per heavy atom. The van der Waals surface area contributed by atoms with Gasteiger partial charge in [0.05, 0.1) is 35.8 Å². The van der Waals surface area contributed by atoms with Gasteiger partial charge in [-0.2, -0.15) is 15.0 Å². The molecule has 3 aromatic rings. The minimum absolute atomic E-state index is 0.251. The summed E-state index contributed by atoms with van der Waals surface area (Å²) in [7, 11) is 0. The molecule has 0 bridgehead atoms. The summed E-state index contributed by atoms with van der Waals surface area (Å²) in [5.41, 5.74) is 3.57. The smallest absolute Gasteiger partial charge is 0.340 e. The molecule has 0 aliphatic rings. The van der Waals surface area contributed by atoms with Gasteiger partial charge in [0.1, 0.15) is 0 Å². The molecule has 7 heteroatoms. The number of benzene rings is 1. The van der Waals surface area contributed by atoms with Crippen LogP contribution in [-0.4, -0.2) is 38.4 Å². The molecule has 1 aromatic carbocycles. The summed E-state index contributed by atoms with van der Waals surface area (Å²) in [6, 6.07) is 7.54. The number of nitrogens with zero attached hydrogens (tertiary/aromatic N) is 4. The fraction of sp³-hybridized carbons (Fsp3) is 0.222. The van der Waals surface area contributed by atoms with E-state index in [1.54, 1.807) is 33.2 Å². The number of rotatable bonds is 5. The summed E-state index contributed by atoms with van der Waals surface area (Å²) in [5, 5.41) is 8.25. The van der Waals surface area contributed by atoms with E-state index in [1.165, 1.54) is 4.80 Å². The van der Waals surface area contributed by atoms with Crippen LogP contribution in [-0.2, 0) is 4.74 Å². The molecule has 2 aromatic heterocycles. The molecule has 0 aliphatic carbocycles. The van der Waals surface area contributed by atoms with E-state index in [0.717, 1.165) is 11.4 Å². The number of aromatic nitrogens is 4. The van der Waals surface area contributed by atoms with E-state index in [0.29, 0.717) is 28.8 Å². The van der Waals surface area contributed by atoms with E-state index in [2.05, 4.69) is 10.2 Å². The van der Waals surface area contributed by atoms with Crippen LogP contribution in [0.15, 0.2) is 36.7 Å². The maximum Gasteiger partial charge on any atom is 0.340 e. The van der Waals surface area contributed by atoms with Crippen molar-refractivity contribution >= 4 is 12.3 Å². The van der Waals surface area contributed by atoms with Crippen molar-refractivity contribution in [3.05, 3.63) is 59.2 Å². The van der Waals surface area contributed by atoms with Gasteiger partial charge >= 0.3 is 5.97 Å². The van der Waals surface area contributed by atoms with E-state index in [1.807, 2.05) is 28.8 Å². The predicted molar refractivity (Wildman–Crippen MR) is 91.5 cm³/mol. The van der Waals surface area contributed by atoms with E-state index in [9.17, 15) is 9.59 Å². The Morgan fingerprint density at radius 2 is 1.84 bits per heavy atom. The maximum absolute atomic E-state index is 12.3. The van der Waals surface area contributed by atoms with Gasteiger partial charge in [-0.25, -0.2) is 4.79 Å². The molecule has 0 aliphatic heterocycles. The summed E-state index contributed by atoms with van der Waals surface area (Å²) >= 11 is 0. The largest absolute Gasteiger partial charge is 0.462 e. The van der Waals surface area contributed by atoms with Crippen LogP contribution in [0.3, 0.4) is 0 Å². The van der Waals surface area contributed by atoms with Crippen molar-refractivity contribution in [2.75, 3.05) is 6.61 Å². The van der Waals surface area contributed by atoms with Crippen LogP contribution in [0.5, 0.6) is 0 Å². The third-order valence-corrected chi connectivity index (χ3v) is 4.03. The van der Waals surface area contributed by atoms with E-state index < -0.39 is 5.97 Å². The van der Waals surface area contributed by atoms with Crippen LogP contribution >= 0.6 is 0 Å². The standard InChI is InChI=1S/C18H18N4O3/c1-4-25-18(24)17-13(3)21(12(2)16(17)11-23)14-6-5-7-15(10-14)22-19-8-9-20-22/h5-11H,4H2,1-3H3. The molecule has 0 amide bonds. The third-order valence-electron chi connectivity index (χ3n) is 4.03. The van der Waals surface area contributed by atoms with Crippen LogP contribution in [0, 0.1) is 13.8 Å². The lowest BCUT2D eigenvalue weighted by atomic mass is 10.1. The van der Waals surface area contributed by atoms with Crippen LogP contribution < -0.4 is 0 Å². The van der Waals surface area contributed by atoms with Crippen molar-refractivity contribution in [3.8, 4) is 11.4 Å². The number of carbonyl (C=O) groups is 2. The van der Waals surface area contributed by atoms with Gasteiger partial charge in [0.2, 0.25) is 0 Å². The Morgan fingerprint density at radius 1 is 1.16 bits per heavy atom. The SMILES string of the molecule is CCOC(=O)c1c(C=O)c(C)n(-c2cccc(-n3nccn3)c2)c1C. The van der Waals surface area contributed by atoms with Crippen molar-refractivity contribution in [1.82, 2.24) is 19.6 Å². The van der Waals surface area contributed by atoms with Crippen LogP contribution in [0.2, 0.25) is 0 Å². The van der Waals surface area contributed by atoms with Gasteiger partial charge in [-0.3, -0.25) is 4.79 Å². The second kappa shape index (κ2) is 6.72. The zero-order valence-corrected chi connectivity index (χ0v) is 14.3. The molecule has 3 rings (SSSR count). The number of carbonyl (C=O) groups excluding carboxylic acids is 2. The lowest BCUT2D eigenvalue weighted by Crippen LogP contribution is -2.08. The highest BCUT2D eigenvalue weighted by Crippen LogP contribution is 2.26. The predicted octanol–water partition coefficient (Wildman–Crippen LogP) is 2.66. The fourth-order valence-electron chi connectivity index (χ4n) is 2.96. The molecule has 0 atom stereocenters. The minimum atomic E-state index is -0.492. The highest BCUT2D eigenvalue weighted by Gasteiger charge is 2.24. The average Bonchev–Trinajstić information content (AvgIpc) is 3.21. The lowest BCUT2D eigenvalue weighted by Gasteiger charge is -2.11. The molecule has 128 valence electrons. The summed E-state index contributed by atoms with van der Waals surface area (Å²) in [5.74, 6) is -0.492. The summed E-state index contributed by atoms with van der Waals surface area (Å²) in [6.45, 7) is 5.59. The molecule has 0 radical (unpaired) electrons. The average molecular weight is 338 g/mol. The Labute approximate surface area is 144 Å². The first-order valence-electron chi connectivity index (χ1n) is 7.89. The molecule has 2 heterocycles. The molecule has 0 spiro atoms. The summed E-state index contributed by atoms with van der Waals surface area (Å²) in [4.78, 5) is 25.3. The van der Waals surface area contributed by atoms with E-state index in [4.69, 9.17) is 4.74 Å². The molecule has 7 nitrogen and oxygen atoms in total. The Balaban J connectivity index is 2.17. The van der Waals surface area contributed by atoms with Crippen molar-refractivity contribution in [3.63, 3.8) is 0 Å². The minimum Gasteiger partial charge on any atom is -0.462 e. The third kappa shape index (κ3) is 2.84. The van der Waals surface area contributed by atoms with Gasteiger partial charge in [0.15, 0.2) is 6.29 Å². The van der Waals surface area contributed by atoms with Gasteiger partial charge in [-0.05, 0) is 39.0 Å². The normalized spacial score (nSPS) is 10.7. The van der Waals surface area contributed by atoms with Crippen LogP contribution in [0.1, 0.15) is 39.0 Å². The van der Waals surface area contributed by atoms with Crippen LogP contribution in [0.25, 0.3) is 11.4 Å². The fourth-order valence-corrected chi connectivity index (χ4v) is 2.96. The van der Waals surface area contributed by atoms with Gasteiger partial charge in [-0.1, -0.05) is 6.07 Å². The number of aldehydes is 1.